The van der Waals surface area contributed by atoms with Crippen LogP contribution in [0.25, 0.3) is 0 Å². The number of aromatic amines is 1. The Morgan fingerprint density at radius 1 is 1.08 bits per heavy atom. The number of aliphatic hydroxyl groups is 7. The van der Waals surface area contributed by atoms with Crippen molar-refractivity contribution in [1.82, 2.24) is 9.55 Å². The van der Waals surface area contributed by atoms with Crippen LogP contribution in [0.5, 0.6) is 0 Å². The van der Waals surface area contributed by atoms with Crippen molar-refractivity contribution in [2.75, 3.05) is 13.2 Å². The molecule has 22 heteroatoms. The number of nitrogens with zero attached hydrogens (tertiary/aromatic N) is 1. The number of phosphoric ester groups is 1. The van der Waals surface area contributed by atoms with Gasteiger partial charge in [-0.25, -0.2) is 13.9 Å². The molecule has 1 unspecified atom stereocenters. The molecular formula is C15H26N2O18P2. The lowest BCUT2D eigenvalue weighted by molar-refractivity contribution is -0.135. The van der Waals surface area contributed by atoms with Crippen molar-refractivity contribution in [3.63, 3.8) is 0 Å². The Labute approximate surface area is 205 Å². The Morgan fingerprint density at radius 2 is 1.68 bits per heavy atom. The molecule has 0 radical (unpaired) electrons. The summed E-state index contributed by atoms with van der Waals surface area (Å²) in [6.45, 7) is -1.67. The minimum Gasteiger partial charge on any atom is -0.394 e. The molecule has 0 amide bonds. The molecule has 2 rings (SSSR count). The van der Waals surface area contributed by atoms with Gasteiger partial charge in [-0.1, -0.05) is 0 Å². The molecule has 1 aliphatic rings. The van der Waals surface area contributed by atoms with E-state index in [1.165, 1.54) is 0 Å². The second kappa shape index (κ2) is 13.9. The monoisotopic (exact) mass is 584 g/mol. The Kier molecular flexibility index (Phi) is 12.5. The number of aldehydes is 1. The van der Waals surface area contributed by atoms with Gasteiger partial charge >= 0.3 is 21.3 Å². The molecule has 1 aromatic heterocycles. The highest BCUT2D eigenvalue weighted by molar-refractivity contribution is 7.60. The van der Waals surface area contributed by atoms with Crippen LogP contribution in [0.15, 0.2) is 21.9 Å². The number of hydrogen-bond acceptors (Lipinski definition) is 15. The molecule has 1 fully saturated rings. The zero-order valence-corrected chi connectivity index (χ0v) is 20.1. The summed E-state index contributed by atoms with van der Waals surface area (Å²) in [6, 6.07) is 1.09. The van der Waals surface area contributed by atoms with Crippen LogP contribution in [0, 0.1) is 0 Å². The van der Waals surface area contributed by atoms with Crippen molar-refractivity contribution in [3.05, 3.63) is 33.1 Å². The maximum atomic E-state index is 11.4. The second-order valence-corrected chi connectivity index (χ2v) is 10.0. The van der Waals surface area contributed by atoms with Crippen LogP contribution in [0.3, 0.4) is 0 Å². The standard InChI is InChI=1S/C9H12N2O6.C6H14O12P2/c12-3-4-6(14)7(15)8(17-4)11-2-1-5(13)10-9(11)16;7-1-3(9)5(10)6(11)4(2-8)17-20(15,16)18-19(12,13)14/h1-2,4,6-8,12,14-15H,3H2,(H,10,13,16);1,3-6,8-11H,2H2,(H,15,16)(H2,12,13,14)/t4-,6-,7-,8-;3-,4+,5+,6+/m10/s1. The molecule has 214 valence electrons. The van der Waals surface area contributed by atoms with Gasteiger partial charge in [0.15, 0.2) is 12.5 Å². The van der Waals surface area contributed by atoms with E-state index >= 15 is 0 Å². The smallest absolute Gasteiger partial charge is 0.394 e. The Balaban J connectivity index is 0.000000373. The molecule has 0 bridgehead atoms. The first-order chi connectivity index (χ1) is 17.0. The number of phosphoric acid groups is 2. The number of rotatable bonds is 11. The number of aromatic nitrogens is 2. The third kappa shape index (κ3) is 9.84. The van der Waals surface area contributed by atoms with Gasteiger partial charge in [-0.05, 0) is 0 Å². The van der Waals surface area contributed by atoms with E-state index in [9.17, 15) is 43.9 Å². The minimum atomic E-state index is -5.40. The fourth-order valence-corrected chi connectivity index (χ4v) is 4.53. The van der Waals surface area contributed by atoms with E-state index in [1.54, 1.807) is 0 Å². The first-order valence-electron chi connectivity index (χ1n) is 9.80. The molecule has 20 nitrogen and oxygen atoms in total. The maximum absolute atomic E-state index is 11.4. The second-order valence-electron chi connectivity index (χ2n) is 7.22. The predicted octanol–water partition coefficient (Wildman–Crippen LogP) is -6.00. The summed E-state index contributed by atoms with van der Waals surface area (Å²) in [7, 11) is -10.8. The SMILES string of the molecule is O=C[C@H](O)[C@@H](O)[C@H](O)[C@@H](CO)OP(=O)(O)OP(=O)(O)O.O=c1ccn([C@@H]2O[C@H](CO)[C@@H](O)[C@H]2O)c(=O)[nH]1. The lowest BCUT2D eigenvalue weighted by atomic mass is 10.0. The summed E-state index contributed by atoms with van der Waals surface area (Å²) < 4.78 is 35.0. The Morgan fingerprint density at radius 3 is 2.11 bits per heavy atom. The first kappa shape index (κ1) is 33.3. The van der Waals surface area contributed by atoms with E-state index in [1.807, 2.05) is 4.98 Å². The summed E-state index contributed by atoms with van der Waals surface area (Å²) in [6.07, 6.45) is -12.3. The highest BCUT2D eigenvalue weighted by atomic mass is 31.3. The molecule has 1 aliphatic heterocycles. The van der Waals surface area contributed by atoms with Crippen LogP contribution in [0.2, 0.25) is 0 Å². The van der Waals surface area contributed by atoms with Crippen molar-refractivity contribution < 1.29 is 77.9 Å². The van der Waals surface area contributed by atoms with E-state index < -0.39 is 89.1 Å². The van der Waals surface area contributed by atoms with E-state index in [-0.39, 0.29) is 6.29 Å². The number of H-pyrrole nitrogens is 1. The quantitative estimate of drug-likeness (QED) is 0.0851. The highest BCUT2D eigenvalue weighted by Crippen LogP contribution is 2.58. The summed E-state index contributed by atoms with van der Waals surface area (Å²) in [5.41, 5.74) is -1.33. The Hall–Kier alpha value is -1.71. The summed E-state index contributed by atoms with van der Waals surface area (Å²) in [5, 5.41) is 64.4. The fraction of sp³-hybridized carbons (Fsp3) is 0.667. The minimum absolute atomic E-state index is 0.160. The van der Waals surface area contributed by atoms with Gasteiger partial charge in [0.25, 0.3) is 5.56 Å². The van der Waals surface area contributed by atoms with Gasteiger partial charge in [-0.2, -0.15) is 4.31 Å². The van der Waals surface area contributed by atoms with Crippen LogP contribution in [-0.2, 0) is 27.5 Å². The average molecular weight is 584 g/mol. The highest BCUT2D eigenvalue weighted by Gasteiger charge is 2.44. The molecule has 9 atom stereocenters. The number of ether oxygens (including phenoxy) is 1. The number of hydrogen-bond donors (Lipinski definition) is 11. The van der Waals surface area contributed by atoms with Crippen LogP contribution < -0.4 is 11.2 Å². The molecule has 0 aliphatic carbocycles. The normalized spacial score (nSPS) is 26.8. The molecule has 37 heavy (non-hydrogen) atoms. The topological polar surface area (TPSA) is 336 Å². The van der Waals surface area contributed by atoms with Crippen LogP contribution in [-0.4, -0.2) is 122 Å². The molecule has 0 spiro atoms. The molecule has 1 aromatic rings. The lowest BCUT2D eigenvalue weighted by Gasteiger charge is -2.27. The summed E-state index contributed by atoms with van der Waals surface area (Å²) in [5.74, 6) is 0. The summed E-state index contributed by atoms with van der Waals surface area (Å²) >= 11 is 0. The molecule has 11 N–H and O–H groups in total. The first-order valence-corrected chi connectivity index (χ1v) is 12.8. The van der Waals surface area contributed by atoms with Crippen molar-refractivity contribution >= 4 is 21.9 Å². The maximum Gasteiger partial charge on any atom is 0.481 e. The van der Waals surface area contributed by atoms with E-state index in [0.717, 1.165) is 16.8 Å². The zero-order chi connectivity index (χ0) is 28.7. The predicted molar refractivity (Wildman–Crippen MR) is 113 cm³/mol. The van der Waals surface area contributed by atoms with Crippen molar-refractivity contribution in [2.45, 2.75) is 49.0 Å². The average Bonchev–Trinajstić information content (AvgIpc) is 3.08. The van der Waals surface area contributed by atoms with Gasteiger partial charge in [-0.3, -0.25) is 18.9 Å². The lowest BCUT2D eigenvalue weighted by Crippen LogP contribution is -2.47. The van der Waals surface area contributed by atoms with Crippen molar-refractivity contribution in [2.24, 2.45) is 0 Å². The molecule has 2 heterocycles. The zero-order valence-electron chi connectivity index (χ0n) is 18.3. The third-order valence-corrected chi connectivity index (χ3v) is 6.73. The van der Waals surface area contributed by atoms with Crippen LogP contribution in [0.4, 0.5) is 0 Å². The number of aliphatic hydroxyl groups excluding tert-OH is 7. The number of nitrogens with one attached hydrogen (secondary N) is 1. The largest absolute Gasteiger partial charge is 0.481 e. The number of carbonyl (C=O) groups is 1. The van der Waals surface area contributed by atoms with Gasteiger partial charge in [0, 0.05) is 12.3 Å². The van der Waals surface area contributed by atoms with Gasteiger partial charge in [0.2, 0.25) is 0 Å². The van der Waals surface area contributed by atoms with Crippen molar-refractivity contribution in [3.8, 4) is 0 Å². The fourth-order valence-electron chi connectivity index (χ4n) is 2.77. The van der Waals surface area contributed by atoms with Crippen LogP contribution in [0.1, 0.15) is 6.23 Å². The molecule has 0 aromatic carbocycles. The third-order valence-electron chi connectivity index (χ3n) is 4.52. The van der Waals surface area contributed by atoms with Gasteiger partial charge in [-0.15, -0.1) is 0 Å². The molecule has 1 saturated heterocycles. The molecular weight excluding hydrogens is 558 g/mol. The Bertz CT molecular complexity index is 1090. The van der Waals surface area contributed by atoms with E-state index in [0.29, 0.717) is 0 Å². The van der Waals surface area contributed by atoms with Crippen molar-refractivity contribution in [1.29, 1.82) is 0 Å². The molecule has 0 saturated carbocycles. The van der Waals surface area contributed by atoms with Gasteiger partial charge in [0.1, 0.15) is 42.7 Å². The van der Waals surface area contributed by atoms with E-state index in [4.69, 9.17) is 34.7 Å². The van der Waals surface area contributed by atoms with Gasteiger partial charge in [0.05, 0.1) is 13.2 Å². The van der Waals surface area contributed by atoms with Gasteiger partial charge < -0.3 is 60.0 Å². The van der Waals surface area contributed by atoms with Crippen LogP contribution >= 0.6 is 15.6 Å². The number of carbonyl (C=O) groups excluding carboxylic acids is 1. The summed E-state index contributed by atoms with van der Waals surface area (Å²) in [4.78, 5) is 60.1. The van der Waals surface area contributed by atoms with E-state index in [2.05, 4.69) is 8.83 Å².